The molecule has 0 aromatic heterocycles. The number of amides is 2. The van der Waals surface area contributed by atoms with E-state index in [0.29, 0.717) is 24.9 Å². The van der Waals surface area contributed by atoms with Gasteiger partial charge in [-0.3, -0.25) is 24.1 Å². The third kappa shape index (κ3) is 9.35. The Bertz CT molecular complexity index is 1470. The zero-order valence-electron chi connectivity index (χ0n) is 25.8. The van der Waals surface area contributed by atoms with Crippen molar-refractivity contribution in [2.75, 3.05) is 19.7 Å². The van der Waals surface area contributed by atoms with E-state index in [-0.39, 0.29) is 48.7 Å². The second-order valence-corrected chi connectivity index (χ2v) is 11.7. The summed E-state index contributed by atoms with van der Waals surface area (Å²) < 4.78 is 4.98. The zero-order valence-corrected chi connectivity index (χ0v) is 25.8. The lowest BCUT2D eigenvalue weighted by atomic mass is 9.98. The number of likely N-dealkylation sites (tertiary alicyclic amines) is 1. The highest BCUT2D eigenvalue weighted by molar-refractivity contribution is 6.01. The molecule has 44 heavy (non-hydrogen) atoms. The smallest absolute Gasteiger partial charge is 0.302 e. The maximum Gasteiger partial charge on any atom is 0.302 e. The molecule has 0 radical (unpaired) electrons. The molecule has 8 heteroatoms. The number of Topliss-reactive ketones (excluding diaryl/α,β-unsaturated/α-hetero) is 1. The maximum atomic E-state index is 13.8. The molecule has 1 heterocycles. The third-order valence-electron chi connectivity index (χ3n) is 8.00. The van der Waals surface area contributed by atoms with Crippen LogP contribution in [0.1, 0.15) is 56.0 Å². The minimum atomic E-state index is -0.812. The number of nitrogens with zero attached hydrogens (tertiary/aromatic N) is 1. The van der Waals surface area contributed by atoms with Crippen LogP contribution in [0.3, 0.4) is 0 Å². The van der Waals surface area contributed by atoms with Gasteiger partial charge in [0.15, 0.2) is 5.78 Å². The minimum absolute atomic E-state index is 0.0330. The summed E-state index contributed by atoms with van der Waals surface area (Å²) in [6.07, 6.45) is 6.24. The van der Waals surface area contributed by atoms with Crippen LogP contribution in [0.5, 0.6) is 0 Å². The SMILES string of the molecule is CC(=O)OC/C=C/[C@@H](NC(=O)[C@H](Cc1ccccc1)NC(=O)[C@@H]1CCCCN1CC(=O)c1ccc2ccccc2c1)C(C)C. The van der Waals surface area contributed by atoms with E-state index in [1.807, 2.05) is 97.6 Å². The highest BCUT2D eigenvalue weighted by atomic mass is 16.5. The quantitative estimate of drug-likeness (QED) is 0.166. The molecule has 1 aliphatic heterocycles. The summed E-state index contributed by atoms with van der Waals surface area (Å²) in [5.74, 6) is -0.891. The van der Waals surface area contributed by atoms with E-state index in [2.05, 4.69) is 10.6 Å². The number of carbonyl (C=O) groups excluding carboxylic acids is 4. The van der Waals surface area contributed by atoms with Gasteiger partial charge in [0.1, 0.15) is 12.6 Å². The molecule has 232 valence electrons. The van der Waals surface area contributed by atoms with E-state index in [4.69, 9.17) is 4.74 Å². The fraction of sp³-hybridized carbons (Fsp3) is 0.389. The molecular weight excluding hydrogens is 554 g/mol. The normalized spacial score (nSPS) is 16.9. The molecule has 0 unspecified atom stereocenters. The van der Waals surface area contributed by atoms with Gasteiger partial charge in [0.05, 0.1) is 12.6 Å². The van der Waals surface area contributed by atoms with Crippen LogP contribution in [0.15, 0.2) is 84.9 Å². The lowest BCUT2D eigenvalue weighted by Gasteiger charge is -2.35. The molecule has 0 aliphatic carbocycles. The molecule has 0 saturated carbocycles. The van der Waals surface area contributed by atoms with Crippen LogP contribution in [0.25, 0.3) is 10.8 Å². The number of ether oxygens (including phenoxy) is 1. The van der Waals surface area contributed by atoms with Crippen molar-refractivity contribution in [1.82, 2.24) is 15.5 Å². The molecule has 3 aromatic carbocycles. The van der Waals surface area contributed by atoms with Gasteiger partial charge in [-0.1, -0.05) is 93.1 Å². The van der Waals surface area contributed by atoms with Crippen LogP contribution in [0.2, 0.25) is 0 Å². The summed E-state index contributed by atoms with van der Waals surface area (Å²) >= 11 is 0. The van der Waals surface area contributed by atoms with E-state index in [1.54, 1.807) is 6.08 Å². The highest BCUT2D eigenvalue weighted by Crippen LogP contribution is 2.21. The molecule has 1 fully saturated rings. The van der Waals surface area contributed by atoms with Gasteiger partial charge in [-0.2, -0.15) is 0 Å². The summed E-state index contributed by atoms with van der Waals surface area (Å²) in [7, 11) is 0. The van der Waals surface area contributed by atoms with Crippen molar-refractivity contribution in [2.45, 2.75) is 64.6 Å². The number of benzene rings is 3. The summed E-state index contributed by atoms with van der Waals surface area (Å²) in [5.41, 5.74) is 1.54. The number of nitrogens with one attached hydrogen (secondary N) is 2. The Morgan fingerprint density at radius 3 is 2.39 bits per heavy atom. The molecule has 3 aromatic rings. The fourth-order valence-corrected chi connectivity index (χ4v) is 5.51. The lowest BCUT2D eigenvalue weighted by molar-refractivity contribution is -0.139. The largest absolute Gasteiger partial charge is 0.462 e. The molecule has 0 bridgehead atoms. The van der Waals surface area contributed by atoms with Gasteiger partial charge < -0.3 is 15.4 Å². The Labute approximate surface area is 259 Å². The third-order valence-corrected chi connectivity index (χ3v) is 8.00. The first-order valence-electron chi connectivity index (χ1n) is 15.4. The fourth-order valence-electron chi connectivity index (χ4n) is 5.51. The Morgan fingerprint density at radius 2 is 1.66 bits per heavy atom. The Morgan fingerprint density at radius 1 is 0.932 bits per heavy atom. The van der Waals surface area contributed by atoms with E-state index in [9.17, 15) is 19.2 Å². The van der Waals surface area contributed by atoms with Crippen molar-refractivity contribution >= 4 is 34.3 Å². The van der Waals surface area contributed by atoms with Crippen LogP contribution in [0.4, 0.5) is 0 Å². The predicted molar refractivity (Wildman–Crippen MR) is 172 cm³/mol. The van der Waals surface area contributed by atoms with Crippen molar-refractivity contribution in [3.63, 3.8) is 0 Å². The van der Waals surface area contributed by atoms with Gasteiger partial charge in [0.25, 0.3) is 0 Å². The molecule has 2 amide bonds. The molecule has 4 rings (SSSR count). The average Bonchev–Trinajstić information content (AvgIpc) is 3.02. The number of hydrogen-bond donors (Lipinski definition) is 2. The summed E-state index contributed by atoms with van der Waals surface area (Å²) in [4.78, 5) is 53.9. The van der Waals surface area contributed by atoms with Crippen LogP contribution in [-0.2, 0) is 25.5 Å². The summed E-state index contributed by atoms with van der Waals surface area (Å²) in [6, 6.07) is 21.6. The van der Waals surface area contributed by atoms with Gasteiger partial charge in [0.2, 0.25) is 11.8 Å². The number of esters is 1. The van der Waals surface area contributed by atoms with Crippen molar-refractivity contribution in [1.29, 1.82) is 0 Å². The first kappa shape index (κ1) is 32.6. The van der Waals surface area contributed by atoms with E-state index in [1.165, 1.54) is 6.92 Å². The lowest BCUT2D eigenvalue weighted by Crippen LogP contribution is -2.57. The van der Waals surface area contributed by atoms with Gasteiger partial charge in [-0.25, -0.2) is 0 Å². The van der Waals surface area contributed by atoms with Crippen LogP contribution >= 0.6 is 0 Å². The molecule has 8 nitrogen and oxygen atoms in total. The number of hydrogen-bond acceptors (Lipinski definition) is 6. The van der Waals surface area contributed by atoms with Crippen LogP contribution < -0.4 is 10.6 Å². The first-order chi connectivity index (χ1) is 21.2. The molecule has 1 saturated heterocycles. The van der Waals surface area contributed by atoms with Gasteiger partial charge in [-0.05, 0) is 53.8 Å². The molecule has 2 N–H and O–H groups in total. The molecule has 0 spiro atoms. The Balaban J connectivity index is 1.47. The maximum absolute atomic E-state index is 13.8. The monoisotopic (exact) mass is 597 g/mol. The number of ketones is 1. The van der Waals surface area contributed by atoms with E-state index in [0.717, 1.165) is 29.2 Å². The second kappa shape index (κ2) is 16.0. The number of fused-ring (bicyclic) bond motifs is 1. The second-order valence-electron chi connectivity index (χ2n) is 11.7. The predicted octanol–water partition coefficient (Wildman–Crippen LogP) is 4.86. The van der Waals surface area contributed by atoms with Crippen molar-refractivity contribution < 1.29 is 23.9 Å². The number of piperidine rings is 1. The summed E-state index contributed by atoms with van der Waals surface area (Å²) in [5, 5.41) is 8.17. The zero-order chi connectivity index (χ0) is 31.5. The standard InChI is InChI=1S/C36H43N3O5/c1-25(2)31(16-11-21-44-26(3)40)37-35(42)32(22-27-12-5-4-6-13-27)38-36(43)33-17-9-10-20-39(33)24-34(41)30-19-18-28-14-7-8-15-29(28)23-30/h4-8,11-16,18-19,23,25,31-33H,9-10,17,20-22,24H2,1-3H3,(H,37,42)(H,38,43)/b16-11+/t31-,32+,33+/m1/s1. The number of carbonyl (C=O) groups is 4. The van der Waals surface area contributed by atoms with E-state index < -0.39 is 12.1 Å². The molecular formula is C36H43N3O5. The van der Waals surface area contributed by atoms with Crippen molar-refractivity contribution in [3.8, 4) is 0 Å². The summed E-state index contributed by atoms with van der Waals surface area (Å²) in [6.45, 7) is 6.20. The highest BCUT2D eigenvalue weighted by Gasteiger charge is 2.33. The van der Waals surface area contributed by atoms with Crippen LogP contribution in [-0.4, -0.2) is 66.3 Å². The Kier molecular flexibility index (Phi) is 11.8. The Hall–Kier alpha value is -4.30. The van der Waals surface area contributed by atoms with Gasteiger partial charge in [0, 0.05) is 24.9 Å². The van der Waals surface area contributed by atoms with Crippen LogP contribution in [0, 0.1) is 5.92 Å². The molecule has 3 atom stereocenters. The van der Waals surface area contributed by atoms with Gasteiger partial charge in [-0.15, -0.1) is 0 Å². The average molecular weight is 598 g/mol. The molecule has 1 aliphatic rings. The van der Waals surface area contributed by atoms with E-state index >= 15 is 0 Å². The van der Waals surface area contributed by atoms with Crippen molar-refractivity contribution in [2.24, 2.45) is 5.92 Å². The van der Waals surface area contributed by atoms with Gasteiger partial charge >= 0.3 is 5.97 Å². The minimum Gasteiger partial charge on any atom is -0.462 e. The topological polar surface area (TPSA) is 105 Å². The number of rotatable bonds is 13. The first-order valence-corrected chi connectivity index (χ1v) is 15.4. The van der Waals surface area contributed by atoms with Crippen molar-refractivity contribution in [3.05, 3.63) is 96.1 Å².